The number of aromatic amines is 1. The van der Waals surface area contributed by atoms with Crippen molar-refractivity contribution in [3.05, 3.63) is 47.9 Å². The van der Waals surface area contributed by atoms with Crippen molar-refractivity contribution < 1.29 is 19.4 Å². The molecule has 0 unspecified atom stereocenters. The van der Waals surface area contributed by atoms with Gasteiger partial charge in [-0.05, 0) is 37.1 Å². The maximum atomic E-state index is 13.3. The molecule has 168 valence electrons. The molecule has 5 rings (SSSR count). The van der Waals surface area contributed by atoms with E-state index < -0.39 is 0 Å². The largest absolute Gasteiger partial charge is 0.394 e. The zero-order valence-corrected chi connectivity index (χ0v) is 17.8. The molecule has 2 aliphatic rings. The van der Waals surface area contributed by atoms with E-state index in [2.05, 4.69) is 25.2 Å². The fourth-order valence-electron chi connectivity index (χ4n) is 4.31. The van der Waals surface area contributed by atoms with E-state index in [9.17, 15) is 9.90 Å². The summed E-state index contributed by atoms with van der Waals surface area (Å²) in [6.07, 6.45) is 4.70. The maximum absolute atomic E-state index is 13.3. The fraction of sp³-hybridized carbons (Fsp3) is 0.435. The van der Waals surface area contributed by atoms with E-state index in [-0.39, 0.29) is 24.5 Å². The molecule has 0 saturated carbocycles. The molecule has 9 nitrogen and oxygen atoms in total. The molecule has 2 aliphatic heterocycles. The molecule has 32 heavy (non-hydrogen) atoms. The highest BCUT2D eigenvalue weighted by molar-refractivity contribution is 6.18. The van der Waals surface area contributed by atoms with Crippen LogP contribution in [-0.2, 0) is 9.47 Å². The Labute approximate surface area is 185 Å². The lowest BCUT2D eigenvalue weighted by Crippen LogP contribution is -2.36. The van der Waals surface area contributed by atoms with Gasteiger partial charge in [-0.3, -0.25) is 4.79 Å². The molecular weight excluding hydrogens is 410 g/mol. The first-order chi connectivity index (χ1) is 15.7. The monoisotopic (exact) mass is 437 g/mol. The Morgan fingerprint density at radius 3 is 2.72 bits per heavy atom. The third kappa shape index (κ3) is 4.19. The van der Waals surface area contributed by atoms with Crippen LogP contribution in [0.2, 0.25) is 0 Å². The molecule has 2 aromatic heterocycles. The zero-order valence-electron chi connectivity index (χ0n) is 17.8. The summed E-state index contributed by atoms with van der Waals surface area (Å²) in [6, 6.07) is 7.77. The van der Waals surface area contributed by atoms with E-state index >= 15 is 0 Å². The Balaban J connectivity index is 1.37. The van der Waals surface area contributed by atoms with Crippen LogP contribution in [0.15, 0.2) is 36.8 Å². The quantitative estimate of drug-likeness (QED) is 0.502. The van der Waals surface area contributed by atoms with E-state index in [1.165, 1.54) is 6.33 Å². The summed E-state index contributed by atoms with van der Waals surface area (Å²) in [5, 5.41) is 13.3. The number of carbonyl (C=O) groups excluding carboxylic acids is 1. The van der Waals surface area contributed by atoms with Crippen molar-refractivity contribution in [2.24, 2.45) is 0 Å². The molecule has 2 atom stereocenters. The number of nitrogens with one attached hydrogen (secondary N) is 2. The third-order valence-electron chi connectivity index (χ3n) is 6.13. The lowest BCUT2D eigenvalue weighted by atomic mass is 10.0. The van der Waals surface area contributed by atoms with Gasteiger partial charge in [0.25, 0.3) is 0 Å². The number of ketones is 1. The van der Waals surface area contributed by atoms with Gasteiger partial charge in [0.15, 0.2) is 5.78 Å². The van der Waals surface area contributed by atoms with E-state index in [4.69, 9.17) is 9.47 Å². The summed E-state index contributed by atoms with van der Waals surface area (Å²) in [7, 11) is 0. The first kappa shape index (κ1) is 20.9. The first-order valence-electron chi connectivity index (χ1n) is 11.0. The minimum Gasteiger partial charge on any atom is -0.394 e. The van der Waals surface area contributed by atoms with Gasteiger partial charge >= 0.3 is 0 Å². The van der Waals surface area contributed by atoms with Gasteiger partial charge in [0, 0.05) is 30.5 Å². The number of aliphatic hydroxyl groups excluding tert-OH is 1. The Kier molecular flexibility index (Phi) is 6.02. The molecule has 4 heterocycles. The second-order valence-electron chi connectivity index (χ2n) is 8.18. The minimum absolute atomic E-state index is 0.0330. The number of nitrogens with zero attached hydrogens (tertiary/aromatic N) is 3. The third-order valence-corrected chi connectivity index (χ3v) is 6.13. The van der Waals surface area contributed by atoms with Crippen molar-refractivity contribution >= 4 is 28.3 Å². The van der Waals surface area contributed by atoms with Crippen LogP contribution in [0.3, 0.4) is 0 Å². The Bertz CT molecular complexity index is 1070. The highest BCUT2D eigenvalue weighted by atomic mass is 16.5. The predicted molar refractivity (Wildman–Crippen MR) is 120 cm³/mol. The Morgan fingerprint density at radius 1 is 1.19 bits per heavy atom. The summed E-state index contributed by atoms with van der Waals surface area (Å²) < 4.78 is 11.1. The first-order valence-corrected chi connectivity index (χ1v) is 11.0. The number of aromatic nitrogens is 3. The molecule has 3 N–H and O–H groups in total. The van der Waals surface area contributed by atoms with Crippen molar-refractivity contribution in [3.63, 3.8) is 0 Å². The molecule has 0 aliphatic carbocycles. The summed E-state index contributed by atoms with van der Waals surface area (Å²) in [6.45, 7) is 3.66. The van der Waals surface area contributed by atoms with Gasteiger partial charge < -0.3 is 29.8 Å². The topological polar surface area (TPSA) is 113 Å². The van der Waals surface area contributed by atoms with Crippen molar-refractivity contribution in [1.29, 1.82) is 0 Å². The molecule has 1 aromatic carbocycles. The standard InChI is InChI=1S/C23H27N5O4/c29-12-18-6-3-16(13-32-18)27-23-20-19(11-24-22(20)25-14-26-23)21(30)15-1-4-17(5-2-15)28-7-9-31-10-8-28/h1-2,4-5,11,14,16,18,29H,3,6-10,12-13H2,(H2,24,25,26,27)/t16-,18-/m0/s1. The van der Waals surface area contributed by atoms with Crippen LogP contribution in [0.5, 0.6) is 0 Å². The smallest absolute Gasteiger partial charge is 0.195 e. The lowest BCUT2D eigenvalue weighted by Gasteiger charge is -2.29. The molecule has 9 heteroatoms. The molecule has 2 saturated heterocycles. The number of H-pyrrole nitrogens is 1. The van der Waals surface area contributed by atoms with E-state index in [1.54, 1.807) is 6.20 Å². The van der Waals surface area contributed by atoms with E-state index in [0.29, 0.717) is 34.6 Å². The molecule has 3 aromatic rings. The van der Waals surface area contributed by atoms with Gasteiger partial charge in [-0.15, -0.1) is 0 Å². The Hall–Kier alpha value is -3.01. The molecular formula is C23H27N5O4. The van der Waals surface area contributed by atoms with Crippen molar-refractivity contribution in [2.75, 3.05) is 49.7 Å². The highest BCUT2D eigenvalue weighted by Gasteiger charge is 2.24. The highest BCUT2D eigenvalue weighted by Crippen LogP contribution is 2.28. The van der Waals surface area contributed by atoms with Gasteiger partial charge in [0.05, 0.1) is 49.5 Å². The van der Waals surface area contributed by atoms with Crippen molar-refractivity contribution in [3.8, 4) is 0 Å². The van der Waals surface area contributed by atoms with Crippen LogP contribution in [0, 0.1) is 0 Å². The summed E-state index contributed by atoms with van der Waals surface area (Å²) in [4.78, 5) is 27.4. The number of rotatable bonds is 6. The van der Waals surface area contributed by atoms with Crippen LogP contribution < -0.4 is 10.2 Å². The van der Waals surface area contributed by atoms with E-state index in [0.717, 1.165) is 44.8 Å². The van der Waals surface area contributed by atoms with Crippen molar-refractivity contribution in [1.82, 2.24) is 15.0 Å². The minimum atomic E-state index is -0.108. The van der Waals surface area contributed by atoms with Gasteiger partial charge in [-0.1, -0.05) is 0 Å². The van der Waals surface area contributed by atoms with Gasteiger partial charge in [-0.2, -0.15) is 0 Å². The van der Waals surface area contributed by atoms with Gasteiger partial charge in [-0.25, -0.2) is 9.97 Å². The second kappa shape index (κ2) is 9.23. The number of hydrogen-bond acceptors (Lipinski definition) is 8. The lowest BCUT2D eigenvalue weighted by molar-refractivity contribution is -0.0224. The van der Waals surface area contributed by atoms with Crippen LogP contribution in [-0.4, -0.2) is 77.5 Å². The number of benzene rings is 1. The number of aliphatic hydroxyl groups is 1. The Morgan fingerprint density at radius 2 is 2.00 bits per heavy atom. The molecule has 2 fully saturated rings. The molecule has 0 spiro atoms. The summed E-state index contributed by atoms with van der Waals surface area (Å²) >= 11 is 0. The predicted octanol–water partition coefficient (Wildman–Crippen LogP) is 1.98. The number of ether oxygens (including phenoxy) is 2. The summed E-state index contributed by atoms with van der Waals surface area (Å²) in [5.74, 6) is 0.531. The van der Waals surface area contributed by atoms with Crippen molar-refractivity contribution in [2.45, 2.75) is 25.0 Å². The maximum Gasteiger partial charge on any atom is 0.195 e. The number of carbonyl (C=O) groups is 1. The second-order valence-corrected chi connectivity index (χ2v) is 8.18. The number of hydrogen-bond donors (Lipinski definition) is 3. The molecule has 0 bridgehead atoms. The van der Waals surface area contributed by atoms with Crippen LogP contribution in [0.4, 0.5) is 11.5 Å². The molecule has 0 radical (unpaired) electrons. The SMILES string of the molecule is O=C(c1ccc(N2CCOCC2)cc1)c1c[nH]c2ncnc(N[C@H]3CC[C@@H](CO)OC3)c12. The van der Waals surface area contributed by atoms with Crippen LogP contribution >= 0.6 is 0 Å². The average Bonchev–Trinajstić information content (AvgIpc) is 3.30. The number of morpholine rings is 1. The number of fused-ring (bicyclic) bond motifs is 1. The van der Waals surface area contributed by atoms with Crippen LogP contribution in [0.25, 0.3) is 11.0 Å². The fourth-order valence-corrected chi connectivity index (χ4v) is 4.31. The average molecular weight is 438 g/mol. The normalized spacial score (nSPS) is 21.6. The zero-order chi connectivity index (χ0) is 21.9. The van der Waals surface area contributed by atoms with Gasteiger partial charge in [0.1, 0.15) is 17.8 Å². The summed E-state index contributed by atoms with van der Waals surface area (Å²) in [5.41, 5.74) is 2.85. The number of anilines is 2. The van der Waals surface area contributed by atoms with E-state index in [1.807, 2.05) is 24.3 Å². The van der Waals surface area contributed by atoms with Gasteiger partial charge in [0.2, 0.25) is 0 Å². The van der Waals surface area contributed by atoms with Crippen LogP contribution in [0.1, 0.15) is 28.8 Å². The molecule has 0 amide bonds.